The van der Waals surface area contributed by atoms with Gasteiger partial charge in [0.1, 0.15) is 11.6 Å². The van der Waals surface area contributed by atoms with Gasteiger partial charge in [0, 0.05) is 53.9 Å². The summed E-state index contributed by atoms with van der Waals surface area (Å²) in [5.41, 5.74) is 1.58. The van der Waals surface area contributed by atoms with E-state index >= 15 is 4.39 Å². The van der Waals surface area contributed by atoms with Crippen LogP contribution in [0.1, 0.15) is 18.3 Å². The zero-order valence-corrected chi connectivity index (χ0v) is 19.5. The molecule has 3 aromatic heterocycles. The molecular weight excluding hydrogens is 460 g/mol. The predicted molar refractivity (Wildman–Crippen MR) is 131 cm³/mol. The minimum atomic E-state index is -0.679. The third-order valence-corrected chi connectivity index (χ3v) is 6.27. The molecule has 0 atom stereocenters. The molecule has 1 saturated heterocycles. The molecule has 0 bridgehead atoms. The van der Waals surface area contributed by atoms with Gasteiger partial charge >= 0.3 is 6.01 Å². The second-order valence-electron chi connectivity index (χ2n) is 7.84. The van der Waals surface area contributed by atoms with E-state index in [0.717, 1.165) is 36.4 Å². The predicted octanol–water partition coefficient (Wildman–Crippen LogP) is 5.39. The maximum atomic E-state index is 15.1. The summed E-state index contributed by atoms with van der Waals surface area (Å²) in [6, 6.07) is 6.08. The summed E-state index contributed by atoms with van der Waals surface area (Å²) in [4.78, 5) is 13.8. The second kappa shape index (κ2) is 9.34. The van der Waals surface area contributed by atoms with Gasteiger partial charge in [0.25, 0.3) is 0 Å². The highest BCUT2D eigenvalue weighted by molar-refractivity contribution is 7.99. The molecule has 8 nitrogen and oxygen atoms in total. The summed E-state index contributed by atoms with van der Waals surface area (Å²) in [7, 11) is 0. The number of aromatic nitrogens is 5. The second-order valence-corrected chi connectivity index (χ2v) is 9.07. The molecule has 3 N–H and O–H groups in total. The highest BCUT2D eigenvalue weighted by Gasteiger charge is 2.20. The highest BCUT2D eigenvalue weighted by Crippen LogP contribution is 2.33. The first kappa shape index (κ1) is 22.2. The molecule has 0 amide bonds. The zero-order valence-electron chi connectivity index (χ0n) is 18.7. The Bertz CT molecular complexity index is 1360. The Kier molecular flexibility index (Phi) is 6.10. The molecule has 34 heavy (non-hydrogen) atoms. The van der Waals surface area contributed by atoms with Gasteiger partial charge in [-0.25, -0.2) is 8.78 Å². The molecule has 4 aromatic rings. The fraction of sp³-hybridized carbons (Fsp3) is 0.261. The van der Waals surface area contributed by atoms with Crippen LogP contribution in [0.25, 0.3) is 17.0 Å². The maximum absolute atomic E-state index is 15.1. The van der Waals surface area contributed by atoms with Crippen LogP contribution in [0.3, 0.4) is 0 Å². The van der Waals surface area contributed by atoms with E-state index in [-0.39, 0.29) is 22.7 Å². The number of anilines is 3. The Hall–Kier alpha value is -3.60. The lowest BCUT2D eigenvalue weighted by atomic mass is 10.2. The van der Waals surface area contributed by atoms with Crippen molar-refractivity contribution < 1.29 is 13.5 Å². The van der Waals surface area contributed by atoms with Crippen molar-refractivity contribution in [1.29, 1.82) is 0 Å². The lowest BCUT2D eigenvalue weighted by Crippen LogP contribution is -2.33. The largest absolute Gasteiger partial charge is 0.421 e. The number of ether oxygens (including phenoxy) is 1. The van der Waals surface area contributed by atoms with Crippen LogP contribution in [0.4, 0.5) is 26.2 Å². The van der Waals surface area contributed by atoms with Crippen molar-refractivity contribution in [3.63, 3.8) is 0 Å². The van der Waals surface area contributed by atoms with E-state index in [2.05, 4.69) is 35.4 Å². The molecule has 1 fully saturated rings. The van der Waals surface area contributed by atoms with Crippen LogP contribution in [-0.4, -0.2) is 49.7 Å². The van der Waals surface area contributed by atoms with Crippen LogP contribution in [0.5, 0.6) is 11.8 Å². The molecule has 11 heteroatoms. The van der Waals surface area contributed by atoms with Gasteiger partial charge in [-0.2, -0.15) is 26.8 Å². The topological polar surface area (TPSA) is 94.8 Å². The first-order valence-corrected chi connectivity index (χ1v) is 12.0. The molecule has 4 heterocycles. The summed E-state index contributed by atoms with van der Waals surface area (Å²) in [5, 5.41) is 10.4. The number of aryl methyl sites for hydroxylation is 1. The van der Waals surface area contributed by atoms with Crippen LogP contribution in [0, 0.1) is 18.6 Å². The van der Waals surface area contributed by atoms with Gasteiger partial charge in [-0.15, -0.1) is 0 Å². The Morgan fingerprint density at radius 2 is 1.94 bits per heavy atom. The number of hydrogen-bond acceptors (Lipinski definition) is 7. The quantitative estimate of drug-likeness (QED) is 0.338. The van der Waals surface area contributed by atoms with Crippen molar-refractivity contribution in [2.45, 2.75) is 13.8 Å². The first-order chi connectivity index (χ1) is 16.5. The van der Waals surface area contributed by atoms with E-state index in [0.29, 0.717) is 23.1 Å². The van der Waals surface area contributed by atoms with Crippen LogP contribution >= 0.6 is 11.8 Å². The molecule has 5 rings (SSSR count). The van der Waals surface area contributed by atoms with Gasteiger partial charge in [-0.05, 0) is 26.0 Å². The van der Waals surface area contributed by atoms with Crippen molar-refractivity contribution in [2.75, 3.05) is 34.8 Å². The Balaban J connectivity index is 1.51. The van der Waals surface area contributed by atoms with Gasteiger partial charge in [0.2, 0.25) is 0 Å². The molecule has 0 spiro atoms. The lowest BCUT2D eigenvalue weighted by molar-refractivity contribution is 0.411. The van der Waals surface area contributed by atoms with Crippen molar-refractivity contribution in [3.8, 4) is 11.8 Å². The third kappa shape index (κ3) is 4.56. The summed E-state index contributed by atoms with van der Waals surface area (Å²) in [6.45, 7) is 5.27. The number of fused-ring (bicyclic) bond motifs is 1. The van der Waals surface area contributed by atoms with Crippen LogP contribution in [0.2, 0.25) is 0 Å². The Morgan fingerprint density at radius 3 is 2.74 bits per heavy atom. The van der Waals surface area contributed by atoms with Crippen molar-refractivity contribution in [1.82, 2.24) is 25.1 Å². The number of aromatic amines is 2. The van der Waals surface area contributed by atoms with E-state index in [1.807, 2.05) is 36.9 Å². The van der Waals surface area contributed by atoms with Gasteiger partial charge in [0.15, 0.2) is 23.2 Å². The monoisotopic (exact) mass is 483 g/mol. The third-order valence-electron chi connectivity index (χ3n) is 5.33. The minimum absolute atomic E-state index is 0.0904. The number of halogens is 2. The van der Waals surface area contributed by atoms with Crippen molar-refractivity contribution in [3.05, 3.63) is 53.4 Å². The number of thioether (sulfide) groups is 1. The fourth-order valence-electron chi connectivity index (χ4n) is 3.78. The van der Waals surface area contributed by atoms with E-state index in [1.54, 1.807) is 13.0 Å². The van der Waals surface area contributed by atoms with Gasteiger partial charge in [-0.3, -0.25) is 5.10 Å². The molecule has 176 valence electrons. The van der Waals surface area contributed by atoms with E-state index in [1.165, 1.54) is 6.07 Å². The minimum Gasteiger partial charge on any atom is -0.421 e. The van der Waals surface area contributed by atoms with E-state index in [9.17, 15) is 4.39 Å². The highest BCUT2D eigenvalue weighted by atomic mass is 32.2. The Labute approximate surface area is 198 Å². The average molecular weight is 484 g/mol. The number of allylic oxidation sites excluding steroid dienone is 1. The van der Waals surface area contributed by atoms with Crippen LogP contribution in [-0.2, 0) is 0 Å². The number of nitrogens with one attached hydrogen (secondary N) is 3. The molecule has 0 radical (unpaired) electrons. The molecular formula is C23H23F2N7OS. The normalized spacial score (nSPS) is 14.3. The average Bonchev–Trinajstić information content (AvgIpc) is 3.44. The summed E-state index contributed by atoms with van der Waals surface area (Å²) < 4.78 is 35.4. The number of benzene rings is 1. The standard InChI is InChI=1S/C23H23F2N7OS/c1-3-4-14-10-19(31-30-14)27-18-12-20(32-5-7-34-8-6-32)29-23(28-18)33-17-11-16(24)22-15(21(17)25)9-13(2)26-22/h3-4,9-12,26H,5-8H2,1-2H3,(H2,27,28,29,30,31)/b4-3+. The molecule has 1 aliphatic rings. The summed E-state index contributed by atoms with van der Waals surface area (Å²) in [5.74, 6) is 1.98. The Morgan fingerprint density at radius 1 is 1.12 bits per heavy atom. The maximum Gasteiger partial charge on any atom is 0.326 e. The number of nitrogens with zero attached hydrogens (tertiary/aromatic N) is 4. The summed E-state index contributed by atoms with van der Waals surface area (Å²) in [6.07, 6.45) is 3.79. The summed E-state index contributed by atoms with van der Waals surface area (Å²) >= 11 is 1.87. The lowest BCUT2D eigenvalue weighted by Gasteiger charge is -2.27. The van der Waals surface area contributed by atoms with Crippen LogP contribution < -0.4 is 15.0 Å². The number of hydrogen-bond donors (Lipinski definition) is 3. The fourth-order valence-corrected chi connectivity index (χ4v) is 4.68. The van der Waals surface area contributed by atoms with Gasteiger partial charge < -0.3 is 19.9 Å². The SMILES string of the molecule is C/C=C/c1cc(Nc2cc(N3CCSCC3)nc(Oc3cc(F)c4[nH]c(C)cc4c3F)n2)n[nH]1. The van der Waals surface area contributed by atoms with Gasteiger partial charge in [0.05, 0.1) is 11.2 Å². The van der Waals surface area contributed by atoms with Crippen LogP contribution in [0.15, 0.2) is 30.3 Å². The van der Waals surface area contributed by atoms with E-state index in [4.69, 9.17) is 4.74 Å². The van der Waals surface area contributed by atoms with E-state index < -0.39 is 11.6 Å². The number of rotatable bonds is 6. The van der Waals surface area contributed by atoms with Crippen molar-refractivity contribution >= 4 is 46.2 Å². The molecule has 0 saturated carbocycles. The van der Waals surface area contributed by atoms with Crippen molar-refractivity contribution in [2.24, 2.45) is 0 Å². The zero-order chi connectivity index (χ0) is 23.7. The molecule has 1 aliphatic heterocycles. The molecule has 0 unspecified atom stereocenters. The molecule has 1 aromatic carbocycles. The first-order valence-electron chi connectivity index (χ1n) is 10.8. The smallest absolute Gasteiger partial charge is 0.326 e. The molecule has 0 aliphatic carbocycles. The number of H-pyrrole nitrogens is 2. The van der Waals surface area contributed by atoms with Gasteiger partial charge in [-0.1, -0.05) is 6.08 Å².